The summed E-state index contributed by atoms with van der Waals surface area (Å²) in [5.41, 5.74) is 4.45. The average Bonchev–Trinajstić information content (AvgIpc) is 2.28. The fraction of sp³-hybridized carbons (Fsp3) is 0.636. The zero-order valence-corrected chi connectivity index (χ0v) is 10.4. The Morgan fingerprint density at radius 2 is 2.06 bits per heavy atom. The molecule has 3 N–H and O–H groups in total. The van der Waals surface area contributed by atoms with Gasteiger partial charge in [0.15, 0.2) is 0 Å². The van der Waals surface area contributed by atoms with Crippen molar-refractivity contribution in [3.05, 3.63) is 23.0 Å². The van der Waals surface area contributed by atoms with Gasteiger partial charge in [0.25, 0.3) is 0 Å². The van der Waals surface area contributed by atoms with Crippen LogP contribution in [0.1, 0.15) is 42.8 Å². The van der Waals surface area contributed by atoms with Gasteiger partial charge in [0.2, 0.25) is 0 Å². The molecule has 0 aliphatic carbocycles. The first kappa shape index (κ1) is 14.8. The van der Waals surface area contributed by atoms with Crippen molar-refractivity contribution in [2.45, 2.75) is 45.3 Å². The molecule has 0 saturated carbocycles. The molecule has 0 aliphatic heterocycles. The molecule has 102 valence electrons. The normalized spacial score (nSPS) is 13.7. The smallest absolute Gasteiger partial charge is 0.271 e. The maximum Gasteiger partial charge on any atom is 0.389 e. The third kappa shape index (κ3) is 4.23. The first-order chi connectivity index (χ1) is 8.37. The Balaban J connectivity index is 2.90. The van der Waals surface area contributed by atoms with E-state index in [4.69, 9.17) is 5.84 Å². The number of rotatable bonds is 5. The Labute approximate surface area is 104 Å². The first-order valence-electron chi connectivity index (χ1n) is 5.73. The highest BCUT2D eigenvalue weighted by Gasteiger charge is 2.29. The SMILES string of the molecule is CCc1nnc(C)cc1C(CCC(F)(F)F)NN. The zero-order valence-electron chi connectivity index (χ0n) is 10.4. The van der Waals surface area contributed by atoms with Crippen LogP contribution in [0.2, 0.25) is 0 Å². The second kappa shape index (κ2) is 6.10. The van der Waals surface area contributed by atoms with E-state index in [2.05, 4.69) is 15.6 Å². The number of halogens is 3. The lowest BCUT2D eigenvalue weighted by Crippen LogP contribution is -2.30. The lowest BCUT2D eigenvalue weighted by atomic mass is 9.99. The van der Waals surface area contributed by atoms with Gasteiger partial charge in [-0.25, -0.2) is 0 Å². The maximum absolute atomic E-state index is 12.2. The van der Waals surface area contributed by atoms with Crippen LogP contribution >= 0.6 is 0 Å². The van der Waals surface area contributed by atoms with E-state index in [9.17, 15) is 13.2 Å². The van der Waals surface area contributed by atoms with Crippen molar-refractivity contribution in [3.8, 4) is 0 Å². The highest BCUT2D eigenvalue weighted by molar-refractivity contribution is 5.24. The summed E-state index contributed by atoms with van der Waals surface area (Å²) in [6, 6.07) is 1.17. The summed E-state index contributed by atoms with van der Waals surface area (Å²) < 4.78 is 36.7. The van der Waals surface area contributed by atoms with Crippen molar-refractivity contribution in [3.63, 3.8) is 0 Å². The number of hydrogen-bond donors (Lipinski definition) is 2. The maximum atomic E-state index is 12.2. The monoisotopic (exact) mass is 262 g/mol. The molecule has 1 heterocycles. The fourth-order valence-corrected chi connectivity index (χ4v) is 1.75. The van der Waals surface area contributed by atoms with Crippen molar-refractivity contribution >= 4 is 0 Å². The number of aryl methyl sites for hydroxylation is 2. The van der Waals surface area contributed by atoms with Gasteiger partial charge in [0.05, 0.1) is 11.4 Å². The van der Waals surface area contributed by atoms with Crippen LogP contribution in [0.15, 0.2) is 6.07 Å². The number of aromatic nitrogens is 2. The minimum absolute atomic E-state index is 0.113. The molecule has 1 atom stereocenters. The standard InChI is InChI=1S/C11H17F3N4/c1-3-9-8(6-7(2)17-18-9)10(16-15)4-5-11(12,13)14/h6,10,16H,3-5,15H2,1-2H3. The van der Waals surface area contributed by atoms with Gasteiger partial charge in [-0.05, 0) is 31.4 Å². The van der Waals surface area contributed by atoms with Crippen molar-refractivity contribution in [2.24, 2.45) is 5.84 Å². The molecular formula is C11H17F3N4. The molecular weight excluding hydrogens is 245 g/mol. The van der Waals surface area contributed by atoms with Gasteiger partial charge in [0, 0.05) is 12.5 Å². The number of nitrogens with one attached hydrogen (secondary N) is 1. The van der Waals surface area contributed by atoms with Crippen LogP contribution in [-0.4, -0.2) is 16.4 Å². The van der Waals surface area contributed by atoms with Crippen molar-refractivity contribution in [1.82, 2.24) is 15.6 Å². The summed E-state index contributed by atoms with van der Waals surface area (Å²) in [6.07, 6.45) is -4.58. The second-order valence-corrected chi connectivity index (χ2v) is 4.11. The highest BCUT2D eigenvalue weighted by Crippen LogP contribution is 2.28. The molecule has 4 nitrogen and oxygen atoms in total. The predicted molar refractivity (Wildman–Crippen MR) is 61.5 cm³/mol. The zero-order chi connectivity index (χ0) is 13.8. The van der Waals surface area contributed by atoms with Crippen molar-refractivity contribution < 1.29 is 13.2 Å². The number of alkyl halides is 3. The van der Waals surface area contributed by atoms with E-state index in [1.165, 1.54) is 0 Å². The van der Waals surface area contributed by atoms with E-state index in [1.54, 1.807) is 13.0 Å². The summed E-state index contributed by atoms with van der Waals surface area (Å²) in [5.74, 6) is 5.34. The average molecular weight is 262 g/mol. The third-order valence-electron chi connectivity index (χ3n) is 2.65. The molecule has 0 spiro atoms. The number of hydrogen-bond acceptors (Lipinski definition) is 4. The van der Waals surface area contributed by atoms with E-state index in [1.807, 2.05) is 6.92 Å². The van der Waals surface area contributed by atoms with Gasteiger partial charge in [-0.3, -0.25) is 11.3 Å². The number of nitrogens with zero attached hydrogens (tertiary/aromatic N) is 2. The van der Waals surface area contributed by atoms with E-state index >= 15 is 0 Å². The first-order valence-corrected chi connectivity index (χ1v) is 5.73. The van der Waals surface area contributed by atoms with Gasteiger partial charge < -0.3 is 0 Å². The molecule has 0 bridgehead atoms. The molecule has 0 aromatic carbocycles. The Morgan fingerprint density at radius 1 is 1.39 bits per heavy atom. The minimum atomic E-state index is -4.18. The van der Waals surface area contributed by atoms with Gasteiger partial charge in [-0.2, -0.15) is 23.4 Å². The Hall–Kier alpha value is -1.21. The van der Waals surface area contributed by atoms with Crippen LogP contribution in [0.4, 0.5) is 13.2 Å². The molecule has 0 saturated heterocycles. The van der Waals surface area contributed by atoms with E-state index in [0.717, 1.165) is 0 Å². The quantitative estimate of drug-likeness (QED) is 0.630. The number of hydrazine groups is 1. The van der Waals surface area contributed by atoms with Crippen LogP contribution < -0.4 is 11.3 Å². The van der Waals surface area contributed by atoms with Crippen LogP contribution in [-0.2, 0) is 6.42 Å². The van der Waals surface area contributed by atoms with Gasteiger partial charge in [0.1, 0.15) is 0 Å². The van der Waals surface area contributed by atoms with Crippen LogP contribution in [0.5, 0.6) is 0 Å². The molecule has 1 rings (SSSR count). The van der Waals surface area contributed by atoms with Crippen LogP contribution in [0.25, 0.3) is 0 Å². The van der Waals surface area contributed by atoms with E-state index in [-0.39, 0.29) is 6.42 Å². The Kier molecular flexibility index (Phi) is 5.03. The Bertz CT molecular complexity index is 392. The highest BCUT2D eigenvalue weighted by atomic mass is 19.4. The van der Waals surface area contributed by atoms with E-state index < -0.39 is 18.6 Å². The summed E-state index contributed by atoms with van der Waals surface area (Å²) in [6.45, 7) is 3.62. The lowest BCUT2D eigenvalue weighted by Gasteiger charge is -2.19. The largest absolute Gasteiger partial charge is 0.389 e. The summed E-state index contributed by atoms with van der Waals surface area (Å²) in [5, 5.41) is 7.88. The van der Waals surface area contributed by atoms with Gasteiger partial charge in [-0.15, -0.1) is 0 Å². The van der Waals surface area contributed by atoms with Gasteiger partial charge in [-0.1, -0.05) is 6.92 Å². The second-order valence-electron chi connectivity index (χ2n) is 4.11. The fourth-order valence-electron chi connectivity index (χ4n) is 1.75. The molecule has 1 aromatic heterocycles. The summed E-state index contributed by atoms with van der Waals surface area (Å²) in [7, 11) is 0. The minimum Gasteiger partial charge on any atom is -0.271 e. The molecule has 0 amide bonds. The van der Waals surface area contributed by atoms with Crippen LogP contribution in [0.3, 0.4) is 0 Å². The molecule has 1 unspecified atom stereocenters. The molecule has 0 aliphatic rings. The third-order valence-corrected chi connectivity index (χ3v) is 2.65. The van der Waals surface area contributed by atoms with Crippen molar-refractivity contribution in [1.29, 1.82) is 0 Å². The van der Waals surface area contributed by atoms with Crippen LogP contribution in [0, 0.1) is 6.92 Å². The topological polar surface area (TPSA) is 63.8 Å². The molecule has 0 radical (unpaired) electrons. The summed E-state index contributed by atoms with van der Waals surface area (Å²) in [4.78, 5) is 0. The molecule has 0 fully saturated rings. The number of nitrogens with two attached hydrogens (primary N) is 1. The predicted octanol–water partition coefficient (Wildman–Crippen LogP) is 2.19. The van der Waals surface area contributed by atoms with Crippen molar-refractivity contribution in [2.75, 3.05) is 0 Å². The van der Waals surface area contributed by atoms with E-state index in [0.29, 0.717) is 23.4 Å². The molecule has 1 aromatic rings. The molecule has 7 heteroatoms. The Morgan fingerprint density at radius 3 is 2.56 bits per heavy atom. The molecule has 18 heavy (non-hydrogen) atoms. The van der Waals surface area contributed by atoms with Gasteiger partial charge >= 0.3 is 6.18 Å². The summed E-state index contributed by atoms with van der Waals surface area (Å²) >= 11 is 0. The lowest BCUT2D eigenvalue weighted by molar-refractivity contribution is -0.136.